The van der Waals surface area contributed by atoms with Crippen molar-refractivity contribution in [3.05, 3.63) is 29.6 Å². The van der Waals surface area contributed by atoms with Gasteiger partial charge in [-0.2, -0.15) is 0 Å². The molecular weight excluding hydrogens is 261 g/mol. The molecule has 4 heteroatoms. The number of halogens is 2. The summed E-state index contributed by atoms with van der Waals surface area (Å²) >= 11 is 0. The van der Waals surface area contributed by atoms with E-state index < -0.39 is 0 Å². The highest BCUT2D eigenvalue weighted by molar-refractivity contribution is 8.93. The van der Waals surface area contributed by atoms with Crippen LogP contribution in [-0.4, -0.2) is 13.7 Å². The predicted octanol–water partition coefficient (Wildman–Crippen LogP) is 2.84. The van der Waals surface area contributed by atoms with E-state index in [4.69, 9.17) is 4.74 Å². The van der Waals surface area contributed by atoms with Gasteiger partial charge in [-0.05, 0) is 25.5 Å². The van der Waals surface area contributed by atoms with Gasteiger partial charge in [-0.3, -0.25) is 0 Å². The molecular formula is C11H15BrFNO. The topological polar surface area (TPSA) is 21.3 Å². The summed E-state index contributed by atoms with van der Waals surface area (Å²) in [5, 5.41) is 3.33. The Morgan fingerprint density at radius 1 is 1.47 bits per heavy atom. The third-order valence-electron chi connectivity index (χ3n) is 2.64. The first kappa shape index (κ1) is 12.5. The number of methoxy groups -OCH3 is 1. The Kier molecular flexibility index (Phi) is 4.54. The normalized spacial score (nSPS) is 19.7. The molecule has 1 aliphatic rings. The largest absolute Gasteiger partial charge is 0.493 e. The molecule has 1 atom stereocenters. The fraction of sp³-hybridized carbons (Fsp3) is 0.455. The smallest absolute Gasteiger partial charge is 0.165 e. The number of hydrogen-bond acceptors (Lipinski definition) is 2. The first-order valence-corrected chi connectivity index (χ1v) is 4.88. The van der Waals surface area contributed by atoms with E-state index in [0.29, 0.717) is 5.75 Å². The van der Waals surface area contributed by atoms with E-state index in [1.54, 1.807) is 6.07 Å². The summed E-state index contributed by atoms with van der Waals surface area (Å²) in [7, 11) is 1.51. The zero-order valence-corrected chi connectivity index (χ0v) is 10.3. The Hall–Kier alpha value is -0.610. The van der Waals surface area contributed by atoms with E-state index >= 15 is 0 Å². The fourth-order valence-electron chi connectivity index (χ4n) is 1.97. The highest BCUT2D eigenvalue weighted by Gasteiger charge is 2.21. The van der Waals surface area contributed by atoms with Gasteiger partial charge in [-0.25, -0.2) is 4.39 Å². The molecule has 84 valence electrons. The summed E-state index contributed by atoms with van der Waals surface area (Å²) in [5.41, 5.74) is 0.935. The molecule has 15 heavy (non-hydrogen) atoms. The molecule has 1 aromatic rings. The van der Waals surface area contributed by atoms with Crippen molar-refractivity contribution < 1.29 is 9.13 Å². The summed E-state index contributed by atoms with van der Waals surface area (Å²) < 4.78 is 18.4. The van der Waals surface area contributed by atoms with E-state index in [1.165, 1.54) is 13.2 Å². The molecule has 2 rings (SSSR count). The number of rotatable bonds is 2. The predicted molar refractivity (Wildman–Crippen MR) is 63.3 cm³/mol. The summed E-state index contributed by atoms with van der Waals surface area (Å²) in [6, 6.07) is 5.33. The molecule has 0 saturated carbocycles. The van der Waals surface area contributed by atoms with Crippen molar-refractivity contribution in [2.75, 3.05) is 13.7 Å². The van der Waals surface area contributed by atoms with Gasteiger partial charge in [0, 0.05) is 11.6 Å². The van der Waals surface area contributed by atoms with Crippen molar-refractivity contribution in [1.82, 2.24) is 5.32 Å². The van der Waals surface area contributed by atoms with Crippen LogP contribution in [-0.2, 0) is 0 Å². The van der Waals surface area contributed by atoms with Gasteiger partial charge in [-0.15, -0.1) is 17.0 Å². The van der Waals surface area contributed by atoms with E-state index in [-0.39, 0.29) is 28.8 Å². The third-order valence-corrected chi connectivity index (χ3v) is 2.64. The number of hydrogen-bond donors (Lipinski definition) is 1. The first-order valence-electron chi connectivity index (χ1n) is 4.88. The average molecular weight is 276 g/mol. The summed E-state index contributed by atoms with van der Waals surface area (Å²) in [4.78, 5) is 0. The molecule has 0 aromatic heterocycles. The maximum absolute atomic E-state index is 13.4. The van der Waals surface area contributed by atoms with Crippen molar-refractivity contribution in [2.45, 2.75) is 18.9 Å². The van der Waals surface area contributed by atoms with Crippen molar-refractivity contribution in [3.63, 3.8) is 0 Å². The quantitative estimate of drug-likeness (QED) is 0.896. The lowest BCUT2D eigenvalue weighted by Crippen LogP contribution is -2.14. The molecule has 1 aromatic carbocycles. The van der Waals surface area contributed by atoms with E-state index in [9.17, 15) is 4.39 Å². The SMILES string of the molecule is Br.COc1c(F)cccc1C1CCCN1. The zero-order chi connectivity index (χ0) is 9.97. The number of para-hydroxylation sites is 1. The summed E-state index contributed by atoms with van der Waals surface area (Å²) in [6.45, 7) is 1.00. The van der Waals surface area contributed by atoms with Crippen LogP contribution in [0.15, 0.2) is 18.2 Å². The van der Waals surface area contributed by atoms with Crippen molar-refractivity contribution >= 4 is 17.0 Å². The zero-order valence-electron chi connectivity index (χ0n) is 8.63. The van der Waals surface area contributed by atoms with Crippen LogP contribution in [0.1, 0.15) is 24.4 Å². The minimum Gasteiger partial charge on any atom is -0.493 e. The van der Waals surface area contributed by atoms with Gasteiger partial charge in [0.15, 0.2) is 11.6 Å². The molecule has 1 saturated heterocycles. The lowest BCUT2D eigenvalue weighted by Gasteiger charge is -2.15. The van der Waals surface area contributed by atoms with Crippen molar-refractivity contribution in [1.29, 1.82) is 0 Å². The van der Waals surface area contributed by atoms with Gasteiger partial charge in [0.2, 0.25) is 0 Å². The second kappa shape index (κ2) is 5.47. The molecule has 0 spiro atoms. The molecule has 1 fully saturated rings. The Labute approximate surface area is 99.6 Å². The maximum Gasteiger partial charge on any atom is 0.165 e. The van der Waals surface area contributed by atoms with Crippen LogP contribution in [0.25, 0.3) is 0 Å². The third kappa shape index (κ3) is 2.49. The van der Waals surface area contributed by atoms with Crippen LogP contribution >= 0.6 is 17.0 Å². The van der Waals surface area contributed by atoms with E-state index in [0.717, 1.165) is 24.9 Å². The van der Waals surface area contributed by atoms with Gasteiger partial charge >= 0.3 is 0 Å². The van der Waals surface area contributed by atoms with Crippen LogP contribution in [0.3, 0.4) is 0 Å². The minimum absolute atomic E-state index is 0. The van der Waals surface area contributed by atoms with Crippen molar-refractivity contribution in [3.8, 4) is 5.75 Å². The molecule has 1 heterocycles. The summed E-state index contributed by atoms with van der Waals surface area (Å²) in [6.07, 6.45) is 2.20. The van der Waals surface area contributed by atoms with Gasteiger partial charge in [0.1, 0.15) is 0 Å². The molecule has 0 bridgehead atoms. The average Bonchev–Trinajstić information content (AvgIpc) is 2.70. The van der Waals surface area contributed by atoms with Crippen LogP contribution in [0.4, 0.5) is 4.39 Å². The molecule has 0 radical (unpaired) electrons. The van der Waals surface area contributed by atoms with Gasteiger partial charge < -0.3 is 10.1 Å². The van der Waals surface area contributed by atoms with Gasteiger partial charge in [-0.1, -0.05) is 12.1 Å². The van der Waals surface area contributed by atoms with Crippen LogP contribution in [0.2, 0.25) is 0 Å². The highest BCUT2D eigenvalue weighted by Crippen LogP contribution is 2.32. The Morgan fingerprint density at radius 2 is 2.27 bits per heavy atom. The number of ether oxygens (including phenoxy) is 1. The lowest BCUT2D eigenvalue weighted by atomic mass is 10.0. The number of benzene rings is 1. The molecule has 1 N–H and O–H groups in total. The minimum atomic E-state index is -0.279. The van der Waals surface area contributed by atoms with Gasteiger partial charge in [0.25, 0.3) is 0 Å². The summed E-state index contributed by atoms with van der Waals surface area (Å²) in [5.74, 6) is 0.102. The maximum atomic E-state index is 13.4. The Bertz CT molecular complexity index is 326. The van der Waals surface area contributed by atoms with Crippen LogP contribution < -0.4 is 10.1 Å². The van der Waals surface area contributed by atoms with E-state index in [1.807, 2.05) is 6.07 Å². The Balaban J connectivity index is 0.00000112. The number of nitrogens with one attached hydrogen (secondary N) is 1. The van der Waals surface area contributed by atoms with E-state index in [2.05, 4.69) is 5.32 Å². The second-order valence-corrected chi connectivity index (χ2v) is 3.51. The molecule has 1 unspecified atom stereocenters. The van der Waals surface area contributed by atoms with Gasteiger partial charge in [0.05, 0.1) is 7.11 Å². The Morgan fingerprint density at radius 3 is 2.87 bits per heavy atom. The standard InChI is InChI=1S/C11H14FNO.BrH/c1-14-11-8(4-2-5-9(11)12)10-6-3-7-13-10;/h2,4-5,10,13H,3,6-7H2,1H3;1H. The lowest BCUT2D eigenvalue weighted by molar-refractivity contribution is 0.376. The molecule has 1 aliphatic heterocycles. The second-order valence-electron chi connectivity index (χ2n) is 3.51. The monoisotopic (exact) mass is 275 g/mol. The van der Waals surface area contributed by atoms with Crippen LogP contribution in [0.5, 0.6) is 5.75 Å². The first-order chi connectivity index (χ1) is 6.83. The van der Waals surface area contributed by atoms with Crippen LogP contribution in [0, 0.1) is 5.82 Å². The highest BCUT2D eigenvalue weighted by atomic mass is 79.9. The fourth-order valence-corrected chi connectivity index (χ4v) is 1.97. The van der Waals surface area contributed by atoms with Crippen molar-refractivity contribution in [2.24, 2.45) is 0 Å². The molecule has 0 amide bonds. The molecule has 2 nitrogen and oxygen atoms in total. The molecule has 0 aliphatic carbocycles.